The van der Waals surface area contributed by atoms with Crippen LogP contribution in [0.1, 0.15) is 24.6 Å². The maximum atomic E-state index is 5.86. The number of rotatable bonds is 5. The number of nitrogens with zero attached hydrogens (tertiary/aromatic N) is 5. The fourth-order valence-corrected chi connectivity index (χ4v) is 4.96. The molecule has 3 aliphatic heterocycles. The molecule has 33 heavy (non-hydrogen) atoms. The van der Waals surface area contributed by atoms with Crippen LogP contribution in [0.15, 0.2) is 47.5 Å². The SMILES string of the molecule is COc1ccc(C2NC3=NCN(CC4CCCO4)CN3c3nc4ccccc4n32)c(OC)c1. The van der Waals surface area contributed by atoms with Gasteiger partial charge < -0.3 is 19.5 Å². The van der Waals surface area contributed by atoms with Crippen molar-refractivity contribution < 1.29 is 14.2 Å². The lowest BCUT2D eigenvalue weighted by Gasteiger charge is -2.42. The van der Waals surface area contributed by atoms with Crippen molar-refractivity contribution in [3.63, 3.8) is 0 Å². The molecule has 9 heteroatoms. The zero-order chi connectivity index (χ0) is 22.4. The summed E-state index contributed by atoms with van der Waals surface area (Å²) >= 11 is 0. The first-order valence-electron chi connectivity index (χ1n) is 11.4. The first kappa shape index (κ1) is 20.3. The van der Waals surface area contributed by atoms with Crippen molar-refractivity contribution in [3.05, 3.63) is 48.0 Å². The standard InChI is InChI=1S/C24H28N6O3/c1-31-16-9-10-18(21(12-16)32-2)22-27-23-25-14-28(13-17-6-5-11-33-17)15-29(23)24-26-19-7-3-4-8-20(19)30(22)24/h3-4,7-10,12,17,22H,5-6,11,13-15H2,1-2H3,(H,25,27). The van der Waals surface area contributed by atoms with Gasteiger partial charge in [0.2, 0.25) is 11.9 Å². The van der Waals surface area contributed by atoms with Crippen LogP contribution in [0.4, 0.5) is 5.95 Å². The van der Waals surface area contributed by atoms with E-state index in [-0.39, 0.29) is 12.3 Å². The van der Waals surface area contributed by atoms with Gasteiger partial charge in [-0.2, -0.15) is 0 Å². The minimum absolute atomic E-state index is 0.215. The molecule has 2 atom stereocenters. The van der Waals surface area contributed by atoms with E-state index in [1.54, 1.807) is 14.2 Å². The van der Waals surface area contributed by atoms with Crippen molar-refractivity contribution >= 4 is 22.9 Å². The number of benzene rings is 2. The first-order valence-corrected chi connectivity index (χ1v) is 11.4. The van der Waals surface area contributed by atoms with Crippen LogP contribution < -0.4 is 19.7 Å². The maximum absolute atomic E-state index is 5.86. The summed E-state index contributed by atoms with van der Waals surface area (Å²) in [5.74, 6) is 3.20. The Hall–Kier alpha value is -3.30. The molecule has 1 saturated heterocycles. The van der Waals surface area contributed by atoms with E-state index in [0.29, 0.717) is 13.3 Å². The van der Waals surface area contributed by atoms with Gasteiger partial charge in [0.15, 0.2) is 0 Å². The second-order valence-corrected chi connectivity index (χ2v) is 8.61. The third kappa shape index (κ3) is 3.48. The van der Waals surface area contributed by atoms with Gasteiger partial charge in [-0.25, -0.2) is 9.98 Å². The van der Waals surface area contributed by atoms with Crippen LogP contribution in [0.25, 0.3) is 11.0 Å². The monoisotopic (exact) mass is 448 g/mol. The molecule has 2 aromatic carbocycles. The summed E-state index contributed by atoms with van der Waals surface area (Å²) in [4.78, 5) is 14.4. The van der Waals surface area contributed by atoms with Gasteiger partial charge in [0.05, 0.1) is 44.7 Å². The number of methoxy groups -OCH3 is 2. The second-order valence-electron chi connectivity index (χ2n) is 8.61. The van der Waals surface area contributed by atoms with Crippen LogP contribution in [-0.2, 0) is 4.74 Å². The minimum atomic E-state index is -0.215. The largest absolute Gasteiger partial charge is 0.497 e. The van der Waals surface area contributed by atoms with E-state index in [9.17, 15) is 0 Å². The molecule has 1 aromatic heterocycles. The number of imidazole rings is 1. The Balaban J connectivity index is 1.43. The van der Waals surface area contributed by atoms with Crippen LogP contribution in [0.2, 0.25) is 0 Å². The average molecular weight is 449 g/mol. The van der Waals surface area contributed by atoms with Crippen LogP contribution >= 0.6 is 0 Å². The highest BCUT2D eigenvalue weighted by Gasteiger charge is 2.37. The minimum Gasteiger partial charge on any atom is -0.497 e. The van der Waals surface area contributed by atoms with E-state index in [0.717, 1.165) is 66.0 Å². The number of hydrogen-bond acceptors (Lipinski definition) is 8. The van der Waals surface area contributed by atoms with Gasteiger partial charge in [-0.1, -0.05) is 12.1 Å². The molecule has 0 bridgehead atoms. The Morgan fingerprint density at radius 3 is 2.88 bits per heavy atom. The van der Waals surface area contributed by atoms with Crippen LogP contribution in [0.3, 0.4) is 0 Å². The van der Waals surface area contributed by atoms with Gasteiger partial charge in [0.25, 0.3) is 0 Å². The molecule has 0 amide bonds. The van der Waals surface area contributed by atoms with E-state index < -0.39 is 0 Å². The highest BCUT2D eigenvalue weighted by atomic mass is 16.5. The number of para-hydroxylation sites is 2. The Morgan fingerprint density at radius 2 is 2.06 bits per heavy atom. The Morgan fingerprint density at radius 1 is 1.15 bits per heavy atom. The number of nitrogens with one attached hydrogen (secondary N) is 1. The van der Waals surface area contributed by atoms with Gasteiger partial charge in [0.1, 0.15) is 17.7 Å². The average Bonchev–Trinajstić information content (AvgIpc) is 3.51. The van der Waals surface area contributed by atoms with E-state index in [1.165, 1.54) is 0 Å². The summed E-state index contributed by atoms with van der Waals surface area (Å²) in [6.45, 7) is 3.08. The predicted octanol–water partition coefficient (Wildman–Crippen LogP) is 2.78. The first-order chi connectivity index (χ1) is 16.2. The van der Waals surface area contributed by atoms with E-state index in [2.05, 4.69) is 25.8 Å². The molecule has 3 aliphatic rings. The predicted molar refractivity (Wildman–Crippen MR) is 126 cm³/mol. The molecule has 0 saturated carbocycles. The molecule has 0 spiro atoms. The molecule has 0 aliphatic carbocycles. The number of ether oxygens (including phenoxy) is 3. The molecule has 1 N–H and O–H groups in total. The molecule has 172 valence electrons. The highest BCUT2D eigenvalue weighted by Crippen LogP contribution is 2.38. The van der Waals surface area contributed by atoms with Gasteiger partial charge >= 0.3 is 0 Å². The third-order valence-corrected chi connectivity index (χ3v) is 6.58. The van der Waals surface area contributed by atoms with Crippen molar-refractivity contribution in [2.75, 3.05) is 45.6 Å². The van der Waals surface area contributed by atoms with Crippen LogP contribution in [0.5, 0.6) is 11.5 Å². The zero-order valence-corrected chi connectivity index (χ0v) is 18.9. The van der Waals surface area contributed by atoms with Crippen molar-refractivity contribution in [2.45, 2.75) is 25.1 Å². The zero-order valence-electron chi connectivity index (χ0n) is 18.9. The molecule has 0 radical (unpaired) electrons. The molecule has 2 unspecified atom stereocenters. The van der Waals surface area contributed by atoms with Gasteiger partial charge in [0, 0.05) is 24.8 Å². The van der Waals surface area contributed by atoms with Crippen LogP contribution in [0, 0.1) is 0 Å². The topological polar surface area (TPSA) is 76.4 Å². The number of aliphatic imine (C=N–C) groups is 1. The summed E-state index contributed by atoms with van der Waals surface area (Å²) in [7, 11) is 3.34. The van der Waals surface area contributed by atoms with Gasteiger partial charge in [-0.05, 0) is 37.1 Å². The van der Waals surface area contributed by atoms with Crippen molar-refractivity contribution in [1.29, 1.82) is 0 Å². The van der Waals surface area contributed by atoms with Crippen molar-refractivity contribution in [1.82, 2.24) is 19.8 Å². The fraction of sp³-hybridized carbons (Fsp3) is 0.417. The molecular formula is C24H28N6O3. The summed E-state index contributed by atoms with van der Waals surface area (Å²) in [6, 6.07) is 14.1. The number of guanidine groups is 1. The van der Waals surface area contributed by atoms with Crippen molar-refractivity contribution in [2.24, 2.45) is 4.99 Å². The highest BCUT2D eigenvalue weighted by molar-refractivity contribution is 5.99. The van der Waals surface area contributed by atoms with E-state index in [4.69, 9.17) is 24.2 Å². The quantitative estimate of drug-likeness (QED) is 0.643. The summed E-state index contributed by atoms with van der Waals surface area (Å²) in [5.41, 5.74) is 2.99. The van der Waals surface area contributed by atoms with Crippen LogP contribution in [-0.4, -0.2) is 67.2 Å². The molecule has 4 heterocycles. The van der Waals surface area contributed by atoms with Gasteiger partial charge in [-0.15, -0.1) is 0 Å². The molecule has 6 rings (SSSR count). The lowest BCUT2D eigenvalue weighted by molar-refractivity contribution is 0.0732. The number of aromatic nitrogens is 2. The van der Waals surface area contributed by atoms with Crippen molar-refractivity contribution in [3.8, 4) is 11.5 Å². The van der Waals surface area contributed by atoms with E-state index >= 15 is 0 Å². The summed E-state index contributed by atoms with van der Waals surface area (Å²) in [5, 5.41) is 3.65. The molecule has 1 fully saturated rings. The number of hydrogen-bond donors (Lipinski definition) is 1. The van der Waals surface area contributed by atoms with Gasteiger partial charge in [-0.3, -0.25) is 14.4 Å². The number of anilines is 1. The lowest BCUT2D eigenvalue weighted by Crippen LogP contribution is -2.58. The van der Waals surface area contributed by atoms with E-state index in [1.807, 2.05) is 36.4 Å². The normalized spacial score (nSPS) is 22.5. The molecular weight excluding hydrogens is 420 g/mol. The third-order valence-electron chi connectivity index (χ3n) is 6.58. The Bertz CT molecular complexity index is 1200. The lowest BCUT2D eigenvalue weighted by atomic mass is 10.1. The Labute approximate surface area is 192 Å². The molecule has 9 nitrogen and oxygen atoms in total. The second kappa shape index (κ2) is 8.24. The summed E-state index contributed by atoms with van der Waals surface area (Å²) < 4.78 is 19.2. The smallest absolute Gasteiger partial charge is 0.216 e. The number of fused-ring (bicyclic) bond motifs is 5. The maximum Gasteiger partial charge on any atom is 0.216 e. The Kier molecular flexibility index (Phi) is 5.07. The summed E-state index contributed by atoms with van der Waals surface area (Å²) in [6.07, 6.45) is 2.32. The fourth-order valence-electron chi connectivity index (χ4n) is 4.96. The molecule has 3 aromatic rings.